The maximum Gasteiger partial charge on any atom is 0.417 e. The number of carbonyl (C=O) groups excluding carboxylic acids is 1. The molecule has 1 aliphatic rings. The minimum absolute atomic E-state index is 0.112. The van der Waals surface area contributed by atoms with E-state index in [0.29, 0.717) is 5.56 Å². The van der Waals surface area contributed by atoms with Crippen molar-refractivity contribution in [3.05, 3.63) is 57.6 Å². The average Bonchev–Trinajstić information content (AvgIpc) is 3.16. The summed E-state index contributed by atoms with van der Waals surface area (Å²) in [6.07, 6.45) is -12.1. The molecule has 0 aromatic heterocycles. The van der Waals surface area contributed by atoms with Gasteiger partial charge in [0.15, 0.2) is 6.10 Å². The molecule has 3 rings (SSSR count). The Morgan fingerprint density at radius 2 is 1.41 bits per heavy atom. The molecule has 2 aromatic carbocycles. The molecule has 0 fully saturated rings. The molecule has 1 atom stereocenters. The van der Waals surface area contributed by atoms with E-state index < -0.39 is 76.5 Å². The number of aryl methyl sites for hydroxylation is 1. The normalized spacial score (nSPS) is 15.3. The van der Waals surface area contributed by atoms with Crippen LogP contribution in [0.2, 0.25) is 0 Å². The lowest BCUT2D eigenvalue weighted by Crippen LogP contribution is -2.32. The van der Waals surface area contributed by atoms with Crippen LogP contribution in [0, 0.1) is 6.92 Å². The second-order valence-corrected chi connectivity index (χ2v) is 9.09. The first-order valence-corrected chi connectivity index (χ1v) is 10.5. The lowest BCUT2D eigenvalue weighted by Gasteiger charge is -2.32. The molecular formula is C24H25F6NO3. The maximum atomic E-state index is 14.5. The van der Waals surface area contributed by atoms with Crippen molar-refractivity contribution in [1.82, 2.24) is 5.32 Å². The topological polar surface area (TPSA) is 47.6 Å². The number of alkyl halides is 6. The van der Waals surface area contributed by atoms with Crippen LogP contribution >= 0.6 is 0 Å². The van der Waals surface area contributed by atoms with Gasteiger partial charge in [-0.25, -0.2) is 4.79 Å². The van der Waals surface area contributed by atoms with E-state index in [9.17, 15) is 31.1 Å². The summed E-state index contributed by atoms with van der Waals surface area (Å²) in [6.45, 7) is 5.33. The van der Waals surface area contributed by atoms with Crippen LogP contribution in [0.25, 0.3) is 11.1 Å². The van der Waals surface area contributed by atoms with Gasteiger partial charge in [0.25, 0.3) is 0 Å². The Hall–Kier alpha value is -2.59. The lowest BCUT2D eigenvalue weighted by molar-refractivity contribution is -0.166. The predicted molar refractivity (Wildman–Crippen MR) is 113 cm³/mol. The molecule has 0 radical (unpaired) electrons. The number of methoxy groups -OCH3 is 1. The van der Waals surface area contributed by atoms with E-state index in [1.807, 2.05) is 0 Å². The van der Waals surface area contributed by atoms with Gasteiger partial charge in [0, 0.05) is 24.2 Å². The van der Waals surface area contributed by atoms with Crippen molar-refractivity contribution in [1.29, 1.82) is 0 Å². The van der Waals surface area contributed by atoms with Gasteiger partial charge in [-0.05, 0) is 44.4 Å². The largest absolute Gasteiger partial charge is 0.467 e. The van der Waals surface area contributed by atoms with E-state index in [0.717, 1.165) is 7.11 Å². The van der Waals surface area contributed by atoms with E-state index >= 15 is 0 Å². The number of nitrogens with one attached hydrogen (secondary N) is 1. The van der Waals surface area contributed by atoms with Crippen LogP contribution in [-0.4, -0.2) is 18.7 Å². The highest BCUT2D eigenvalue weighted by Gasteiger charge is 2.49. The Balaban J connectivity index is 2.60. The Bertz CT molecular complexity index is 1080. The van der Waals surface area contributed by atoms with Gasteiger partial charge in [-0.1, -0.05) is 29.8 Å². The fourth-order valence-corrected chi connectivity index (χ4v) is 4.18. The SMILES string of the molecule is COC(=O)C(OC(C)(C)C)c1c(-c2ccc(C)cc2)c(C(F)(F)F)c2c(c1C(F)(F)F)CNC2. The van der Waals surface area contributed by atoms with Crippen LogP contribution in [-0.2, 0) is 39.7 Å². The number of fused-ring (bicyclic) bond motifs is 1. The second-order valence-electron chi connectivity index (χ2n) is 9.09. The summed E-state index contributed by atoms with van der Waals surface area (Å²) in [4.78, 5) is 12.8. The van der Waals surface area contributed by atoms with Gasteiger partial charge in [-0.3, -0.25) is 0 Å². The summed E-state index contributed by atoms with van der Waals surface area (Å²) in [5.74, 6) is -1.23. The van der Waals surface area contributed by atoms with Gasteiger partial charge >= 0.3 is 18.3 Å². The van der Waals surface area contributed by atoms with Crippen LogP contribution in [0.5, 0.6) is 0 Å². The van der Waals surface area contributed by atoms with E-state index in [4.69, 9.17) is 9.47 Å². The van der Waals surface area contributed by atoms with Gasteiger partial charge in [-0.2, -0.15) is 26.3 Å². The number of ether oxygens (including phenoxy) is 2. The Morgan fingerprint density at radius 1 is 0.912 bits per heavy atom. The van der Waals surface area contributed by atoms with Crippen LogP contribution in [0.3, 0.4) is 0 Å². The molecule has 34 heavy (non-hydrogen) atoms. The molecule has 1 heterocycles. The van der Waals surface area contributed by atoms with E-state index in [1.165, 1.54) is 45.0 Å². The minimum Gasteiger partial charge on any atom is -0.467 e. The van der Waals surface area contributed by atoms with Crippen molar-refractivity contribution in [2.24, 2.45) is 0 Å². The number of hydrogen-bond acceptors (Lipinski definition) is 4. The Morgan fingerprint density at radius 3 is 1.85 bits per heavy atom. The molecule has 0 saturated heterocycles. The first kappa shape index (κ1) is 26.0. The van der Waals surface area contributed by atoms with Gasteiger partial charge in [-0.15, -0.1) is 0 Å². The van der Waals surface area contributed by atoms with Crippen molar-refractivity contribution < 1.29 is 40.6 Å². The standard InChI is InChI=1S/C24H25F6NO3/c1-12-6-8-13(9-7-12)16-17(20(21(32)33-5)34-22(2,3)4)19(24(28,29)30)15-11-31-10-14(15)18(16)23(25,26)27/h6-9,20,31H,10-11H2,1-5H3. The van der Waals surface area contributed by atoms with Crippen LogP contribution in [0.15, 0.2) is 24.3 Å². The minimum atomic E-state index is -5.07. The van der Waals surface area contributed by atoms with Crippen LogP contribution in [0.4, 0.5) is 26.3 Å². The third kappa shape index (κ3) is 5.07. The summed E-state index contributed by atoms with van der Waals surface area (Å²) in [6, 6.07) is 5.61. The Labute approximate surface area is 193 Å². The number of carbonyl (C=O) groups is 1. The van der Waals surface area contributed by atoms with Crippen molar-refractivity contribution in [3.8, 4) is 11.1 Å². The van der Waals surface area contributed by atoms with Crippen molar-refractivity contribution in [2.75, 3.05) is 7.11 Å². The quantitative estimate of drug-likeness (QED) is 0.403. The Kier molecular flexibility index (Phi) is 6.80. The van der Waals surface area contributed by atoms with Gasteiger partial charge in [0.1, 0.15) is 0 Å². The highest BCUT2D eigenvalue weighted by Crippen LogP contribution is 2.52. The smallest absolute Gasteiger partial charge is 0.417 e. The fourth-order valence-electron chi connectivity index (χ4n) is 4.18. The van der Waals surface area contributed by atoms with Gasteiger partial charge in [0.2, 0.25) is 0 Å². The second kappa shape index (κ2) is 8.88. The first-order valence-electron chi connectivity index (χ1n) is 10.5. The van der Waals surface area contributed by atoms with E-state index in [1.54, 1.807) is 6.92 Å². The zero-order chi connectivity index (χ0) is 25.6. The lowest BCUT2D eigenvalue weighted by atomic mass is 9.81. The molecule has 1 N–H and O–H groups in total. The van der Waals surface area contributed by atoms with Crippen molar-refractivity contribution in [3.63, 3.8) is 0 Å². The van der Waals surface area contributed by atoms with Gasteiger partial charge < -0.3 is 14.8 Å². The highest BCUT2D eigenvalue weighted by atomic mass is 19.4. The third-order valence-electron chi connectivity index (χ3n) is 5.42. The summed E-state index contributed by atoms with van der Waals surface area (Å²) < 4.78 is 97.5. The van der Waals surface area contributed by atoms with E-state index in [-0.39, 0.29) is 5.56 Å². The zero-order valence-corrected chi connectivity index (χ0v) is 19.3. The molecule has 0 amide bonds. The van der Waals surface area contributed by atoms with E-state index in [2.05, 4.69) is 5.32 Å². The number of benzene rings is 2. The molecular weight excluding hydrogens is 464 g/mol. The number of hydrogen-bond donors (Lipinski definition) is 1. The molecule has 0 aliphatic carbocycles. The summed E-state index contributed by atoms with van der Waals surface area (Å²) >= 11 is 0. The number of esters is 1. The monoisotopic (exact) mass is 489 g/mol. The average molecular weight is 489 g/mol. The highest BCUT2D eigenvalue weighted by molar-refractivity contribution is 5.85. The molecule has 186 valence electrons. The zero-order valence-electron chi connectivity index (χ0n) is 19.3. The predicted octanol–water partition coefficient (Wildman–Crippen LogP) is 6.33. The molecule has 0 spiro atoms. The molecule has 0 bridgehead atoms. The molecule has 4 nitrogen and oxygen atoms in total. The van der Waals surface area contributed by atoms with Crippen LogP contribution in [0.1, 0.15) is 60.3 Å². The molecule has 2 aromatic rings. The summed E-state index contributed by atoms with van der Waals surface area (Å²) in [5.41, 5.74) is -5.78. The molecule has 0 saturated carbocycles. The summed E-state index contributed by atoms with van der Waals surface area (Å²) in [7, 11) is 0.944. The van der Waals surface area contributed by atoms with Crippen LogP contribution < -0.4 is 5.32 Å². The number of halogens is 6. The molecule has 1 aliphatic heterocycles. The molecule has 1 unspecified atom stereocenters. The van der Waals surface area contributed by atoms with Crippen molar-refractivity contribution >= 4 is 5.97 Å². The molecule has 10 heteroatoms. The fraction of sp³-hybridized carbons (Fsp3) is 0.458. The maximum absolute atomic E-state index is 14.5. The first-order chi connectivity index (χ1) is 15.6. The van der Waals surface area contributed by atoms with Gasteiger partial charge in [0.05, 0.1) is 23.8 Å². The third-order valence-corrected chi connectivity index (χ3v) is 5.42. The summed E-state index contributed by atoms with van der Waals surface area (Å²) in [5, 5.41) is 2.60. The number of rotatable bonds is 4. The van der Waals surface area contributed by atoms with Crippen molar-refractivity contribution in [2.45, 2.75) is 64.8 Å².